The molecule has 2 aliphatic rings. The van der Waals surface area contributed by atoms with Gasteiger partial charge >= 0.3 is 0 Å². The van der Waals surface area contributed by atoms with E-state index >= 15 is 0 Å². The van der Waals surface area contributed by atoms with E-state index in [1.165, 1.54) is 0 Å². The molecule has 2 aliphatic heterocycles. The Hall–Kier alpha value is -2.66. The number of H-pyrrole nitrogens is 1. The maximum Gasteiger partial charge on any atom is 0.249 e. The van der Waals surface area contributed by atoms with Gasteiger partial charge in [-0.05, 0) is 38.0 Å². The standard InChI is InChI=1S/C20H27N7O3S/c1-4-5-9-30-12-8-6-7-11(10-12)13(21)17(28)22-14-18(29)27-15(16-23-25-26-24-16)20(2,3)31-19(14)27/h6-8,10,13-15,19H,4-5,9,21H2,1-3H3,(H,22,28)(H,23,24,25,26)/t13-,14?,15?,19+/m0/s1. The molecule has 10 nitrogen and oxygen atoms in total. The van der Waals surface area contributed by atoms with E-state index in [0.29, 0.717) is 23.7 Å². The van der Waals surface area contributed by atoms with Gasteiger partial charge in [0.05, 0.1) is 6.61 Å². The van der Waals surface area contributed by atoms with Crippen molar-refractivity contribution in [2.24, 2.45) is 5.73 Å². The Balaban J connectivity index is 1.42. The number of nitrogens with zero attached hydrogens (tertiary/aromatic N) is 4. The molecule has 166 valence electrons. The summed E-state index contributed by atoms with van der Waals surface area (Å²) in [5.74, 6) is 0.575. The zero-order valence-corrected chi connectivity index (χ0v) is 18.6. The number of hydrogen-bond acceptors (Lipinski definition) is 8. The minimum absolute atomic E-state index is 0.171. The van der Waals surface area contributed by atoms with E-state index in [1.54, 1.807) is 28.8 Å². The fourth-order valence-electron chi connectivity index (χ4n) is 3.98. The number of nitrogens with two attached hydrogens (primary N) is 1. The number of ether oxygens (including phenoxy) is 1. The van der Waals surface area contributed by atoms with Crippen molar-refractivity contribution in [3.63, 3.8) is 0 Å². The number of aromatic nitrogens is 4. The van der Waals surface area contributed by atoms with E-state index in [2.05, 4.69) is 32.9 Å². The number of carbonyl (C=O) groups excluding carboxylic acids is 2. The summed E-state index contributed by atoms with van der Waals surface area (Å²) in [7, 11) is 0. The number of hydrogen-bond donors (Lipinski definition) is 3. The molecule has 3 heterocycles. The molecule has 4 N–H and O–H groups in total. The van der Waals surface area contributed by atoms with Gasteiger partial charge in [-0.15, -0.1) is 22.0 Å². The molecule has 4 atom stereocenters. The average Bonchev–Trinajstić information content (AvgIpc) is 3.36. The number of unbranched alkanes of at least 4 members (excludes halogenated alkanes) is 1. The number of amides is 2. The molecule has 11 heteroatoms. The minimum Gasteiger partial charge on any atom is -0.494 e. The summed E-state index contributed by atoms with van der Waals surface area (Å²) < 4.78 is 5.38. The van der Waals surface area contributed by atoms with Crippen LogP contribution in [-0.2, 0) is 9.59 Å². The van der Waals surface area contributed by atoms with E-state index in [9.17, 15) is 9.59 Å². The molecule has 0 bridgehead atoms. The molecule has 0 saturated carbocycles. The van der Waals surface area contributed by atoms with Crippen LogP contribution in [0.4, 0.5) is 0 Å². The Labute approximate surface area is 184 Å². The average molecular weight is 446 g/mol. The summed E-state index contributed by atoms with van der Waals surface area (Å²) in [6.07, 6.45) is 1.99. The Bertz CT molecular complexity index is 952. The number of β-lactam (4-membered cyclic amide) rings is 1. The van der Waals surface area contributed by atoms with Crippen LogP contribution in [-0.4, -0.2) is 60.1 Å². The van der Waals surface area contributed by atoms with Crippen LogP contribution >= 0.6 is 11.8 Å². The number of fused-ring (bicyclic) bond motifs is 1. The highest BCUT2D eigenvalue weighted by Gasteiger charge is 2.63. The fourth-order valence-corrected chi connectivity index (χ4v) is 5.61. The van der Waals surface area contributed by atoms with E-state index in [0.717, 1.165) is 12.8 Å². The number of rotatable bonds is 8. The van der Waals surface area contributed by atoms with E-state index in [1.807, 2.05) is 26.0 Å². The number of benzene rings is 1. The van der Waals surface area contributed by atoms with Crippen molar-refractivity contribution < 1.29 is 14.3 Å². The molecule has 0 aliphatic carbocycles. The number of thioether (sulfide) groups is 1. The molecule has 2 saturated heterocycles. The Morgan fingerprint density at radius 1 is 1.45 bits per heavy atom. The summed E-state index contributed by atoms with van der Waals surface area (Å²) in [5.41, 5.74) is 6.84. The Kier molecular flexibility index (Phi) is 5.89. The van der Waals surface area contributed by atoms with Gasteiger partial charge in [-0.1, -0.05) is 30.7 Å². The maximum atomic E-state index is 12.9. The molecular weight excluding hydrogens is 418 g/mol. The lowest BCUT2D eigenvalue weighted by atomic mass is 9.95. The van der Waals surface area contributed by atoms with Crippen LogP contribution in [0, 0.1) is 0 Å². The lowest BCUT2D eigenvalue weighted by Crippen LogP contribution is -2.68. The number of tetrazole rings is 1. The van der Waals surface area contributed by atoms with E-state index < -0.39 is 18.0 Å². The highest BCUT2D eigenvalue weighted by atomic mass is 32.2. The third-order valence-electron chi connectivity index (χ3n) is 5.61. The molecule has 2 unspecified atom stereocenters. The van der Waals surface area contributed by atoms with Crippen molar-refractivity contribution in [2.45, 2.75) is 61.9 Å². The van der Waals surface area contributed by atoms with Crippen LogP contribution in [0.25, 0.3) is 0 Å². The van der Waals surface area contributed by atoms with Gasteiger partial charge in [0.15, 0.2) is 5.82 Å². The van der Waals surface area contributed by atoms with Crippen molar-refractivity contribution in [3.05, 3.63) is 35.7 Å². The van der Waals surface area contributed by atoms with Crippen molar-refractivity contribution in [1.29, 1.82) is 0 Å². The number of nitrogens with one attached hydrogen (secondary N) is 2. The monoisotopic (exact) mass is 445 g/mol. The van der Waals surface area contributed by atoms with Crippen LogP contribution < -0.4 is 15.8 Å². The third-order valence-corrected chi connectivity index (χ3v) is 7.18. The van der Waals surface area contributed by atoms with Crippen molar-refractivity contribution in [2.75, 3.05) is 6.61 Å². The second-order valence-electron chi connectivity index (χ2n) is 8.27. The number of carbonyl (C=O) groups is 2. The first kappa shape index (κ1) is 21.6. The van der Waals surface area contributed by atoms with E-state index in [4.69, 9.17) is 10.5 Å². The predicted molar refractivity (Wildman–Crippen MR) is 115 cm³/mol. The highest BCUT2D eigenvalue weighted by Crippen LogP contribution is 2.56. The summed E-state index contributed by atoms with van der Waals surface area (Å²) in [4.78, 5) is 27.4. The maximum absolute atomic E-state index is 12.9. The quantitative estimate of drug-likeness (QED) is 0.408. The first-order valence-corrected chi connectivity index (χ1v) is 11.2. The Morgan fingerprint density at radius 3 is 2.97 bits per heavy atom. The largest absolute Gasteiger partial charge is 0.494 e. The van der Waals surface area contributed by atoms with Gasteiger partial charge in [-0.2, -0.15) is 5.21 Å². The second-order valence-corrected chi connectivity index (χ2v) is 10.0. The summed E-state index contributed by atoms with van der Waals surface area (Å²) >= 11 is 1.61. The van der Waals surface area contributed by atoms with Gasteiger partial charge < -0.3 is 20.7 Å². The van der Waals surface area contributed by atoms with Crippen LogP contribution in [0.15, 0.2) is 24.3 Å². The van der Waals surface area contributed by atoms with Crippen molar-refractivity contribution in [3.8, 4) is 5.75 Å². The topological polar surface area (TPSA) is 139 Å². The zero-order valence-electron chi connectivity index (χ0n) is 17.7. The molecule has 4 rings (SSSR count). The minimum atomic E-state index is -0.899. The summed E-state index contributed by atoms with van der Waals surface area (Å²) in [6, 6.07) is 5.36. The molecule has 31 heavy (non-hydrogen) atoms. The lowest BCUT2D eigenvalue weighted by Gasteiger charge is -2.44. The first-order valence-electron chi connectivity index (χ1n) is 10.4. The lowest BCUT2D eigenvalue weighted by molar-refractivity contribution is -0.152. The van der Waals surface area contributed by atoms with Gasteiger partial charge in [-0.3, -0.25) is 9.59 Å². The molecular formula is C20H27N7O3S. The van der Waals surface area contributed by atoms with Crippen molar-refractivity contribution >= 4 is 23.6 Å². The number of aromatic amines is 1. The van der Waals surface area contributed by atoms with Crippen LogP contribution in [0.2, 0.25) is 0 Å². The summed E-state index contributed by atoms with van der Waals surface area (Å²) in [6.45, 7) is 6.76. The van der Waals surface area contributed by atoms with E-state index in [-0.39, 0.29) is 22.1 Å². The SMILES string of the molecule is CCCCOc1cccc([C@H](N)C(=O)NC2C(=O)N3C(c4nn[nH]n4)C(C)(C)S[C@H]23)c1. The predicted octanol–water partition coefficient (Wildman–Crippen LogP) is 1.30. The molecule has 0 spiro atoms. The third kappa shape index (κ3) is 3.99. The molecule has 0 radical (unpaired) electrons. The van der Waals surface area contributed by atoms with Gasteiger partial charge in [-0.25, -0.2) is 0 Å². The van der Waals surface area contributed by atoms with Gasteiger partial charge in [0, 0.05) is 4.75 Å². The van der Waals surface area contributed by atoms with Crippen LogP contribution in [0.3, 0.4) is 0 Å². The Morgan fingerprint density at radius 2 is 2.26 bits per heavy atom. The molecule has 1 aromatic heterocycles. The van der Waals surface area contributed by atoms with Gasteiger partial charge in [0.25, 0.3) is 0 Å². The fraction of sp³-hybridized carbons (Fsp3) is 0.550. The molecule has 2 fully saturated rings. The van der Waals surface area contributed by atoms with Crippen LogP contribution in [0.5, 0.6) is 5.75 Å². The van der Waals surface area contributed by atoms with Gasteiger partial charge in [0.2, 0.25) is 11.8 Å². The second kappa shape index (κ2) is 8.46. The molecule has 1 aromatic carbocycles. The van der Waals surface area contributed by atoms with Gasteiger partial charge in [0.1, 0.15) is 29.2 Å². The van der Waals surface area contributed by atoms with Crippen molar-refractivity contribution in [1.82, 2.24) is 30.8 Å². The normalized spacial score (nSPS) is 25.0. The highest BCUT2D eigenvalue weighted by molar-refractivity contribution is 8.01. The van der Waals surface area contributed by atoms with Crippen LogP contribution in [0.1, 0.15) is 57.1 Å². The summed E-state index contributed by atoms with van der Waals surface area (Å²) in [5, 5.41) is 16.8. The zero-order chi connectivity index (χ0) is 22.2. The molecule has 2 amide bonds. The molecule has 2 aromatic rings. The first-order chi connectivity index (χ1) is 14.8. The smallest absolute Gasteiger partial charge is 0.249 e.